The van der Waals surface area contributed by atoms with E-state index in [-0.39, 0.29) is 0 Å². The zero-order valence-electron chi connectivity index (χ0n) is 15.5. The number of aromatic nitrogens is 4. The summed E-state index contributed by atoms with van der Waals surface area (Å²) in [6.45, 7) is 9.32. The minimum absolute atomic E-state index is 0.405. The molecule has 0 aliphatic heterocycles. The summed E-state index contributed by atoms with van der Waals surface area (Å²) in [7, 11) is 0. The number of hydrogen-bond donors (Lipinski definition) is 0. The van der Waals surface area contributed by atoms with Crippen molar-refractivity contribution >= 4 is 34.2 Å². The van der Waals surface area contributed by atoms with Crippen molar-refractivity contribution in [1.82, 2.24) is 19.1 Å². The third-order valence-electron chi connectivity index (χ3n) is 4.17. The largest absolute Gasteiger partial charge is 0.443 e. The third kappa shape index (κ3) is 3.10. The number of benzene rings is 1. The molecule has 0 amide bonds. The Morgan fingerprint density at radius 1 is 1.19 bits per heavy atom. The topological polar surface area (TPSA) is 61.9 Å². The van der Waals surface area contributed by atoms with Crippen LogP contribution in [-0.4, -0.2) is 30.8 Å². The molecule has 0 N–H and O–H groups in total. The summed E-state index contributed by atoms with van der Waals surface area (Å²) in [5, 5.41) is 0.953. The molecule has 4 rings (SSSR count). The average Bonchev–Trinajstić information content (AvgIpc) is 3.23. The van der Waals surface area contributed by atoms with Gasteiger partial charge in [-0.15, -0.1) is 0 Å². The molecule has 0 saturated heterocycles. The van der Waals surface area contributed by atoms with Crippen molar-refractivity contribution < 1.29 is 9.53 Å². The Balaban J connectivity index is 1.83. The molecule has 0 saturated carbocycles. The number of hydrogen-bond acceptors (Lipinski definition) is 4. The van der Waals surface area contributed by atoms with Crippen molar-refractivity contribution in [3.63, 3.8) is 0 Å². The summed E-state index contributed by atoms with van der Waals surface area (Å²) >= 11 is 0. The number of imidazole rings is 1. The predicted molar refractivity (Wildman–Crippen MR) is 106 cm³/mol. The number of fused-ring (bicyclic) bond motifs is 2. The van der Waals surface area contributed by atoms with Crippen LogP contribution in [0.25, 0.3) is 33.8 Å². The molecule has 0 aliphatic rings. The lowest BCUT2D eigenvalue weighted by Crippen LogP contribution is -2.26. The lowest BCUT2D eigenvalue weighted by molar-refractivity contribution is 0.0544. The summed E-state index contributed by atoms with van der Waals surface area (Å²) < 4.78 is 8.92. The standard InChI is InChI=1S/C21H20N4O2/c1-5-15-7-9-17-19(23-15)25(13-22-17)16-8-6-14-10-11-24(18(14)12-16)20(26)27-21(2,3)4/h5-13H,1H2,2-4H3. The molecule has 0 radical (unpaired) electrons. The van der Waals surface area contributed by atoms with Gasteiger partial charge in [-0.05, 0) is 57.2 Å². The van der Waals surface area contributed by atoms with Crippen LogP contribution in [0.3, 0.4) is 0 Å². The summed E-state index contributed by atoms with van der Waals surface area (Å²) in [5.74, 6) is 0. The van der Waals surface area contributed by atoms with Gasteiger partial charge in [0.2, 0.25) is 0 Å². The molecule has 0 atom stereocenters. The van der Waals surface area contributed by atoms with E-state index in [9.17, 15) is 4.79 Å². The normalized spacial score (nSPS) is 11.8. The molecular formula is C21H20N4O2. The van der Waals surface area contributed by atoms with Crippen molar-refractivity contribution in [2.24, 2.45) is 0 Å². The number of carbonyl (C=O) groups is 1. The van der Waals surface area contributed by atoms with Gasteiger partial charge in [-0.25, -0.2) is 14.8 Å². The van der Waals surface area contributed by atoms with Crippen LogP contribution >= 0.6 is 0 Å². The highest BCUT2D eigenvalue weighted by atomic mass is 16.6. The molecule has 6 heteroatoms. The minimum atomic E-state index is -0.559. The van der Waals surface area contributed by atoms with Crippen molar-refractivity contribution in [3.8, 4) is 5.69 Å². The molecule has 4 aromatic rings. The summed E-state index contributed by atoms with van der Waals surface area (Å²) in [6, 6.07) is 11.6. The van der Waals surface area contributed by atoms with Crippen LogP contribution in [0.2, 0.25) is 0 Å². The lowest BCUT2D eigenvalue weighted by atomic mass is 10.2. The molecule has 1 aromatic carbocycles. The van der Waals surface area contributed by atoms with Crippen LogP contribution < -0.4 is 0 Å². The molecule has 0 unspecified atom stereocenters. The van der Waals surface area contributed by atoms with E-state index in [0.29, 0.717) is 0 Å². The number of ether oxygens (including phenoxy) is 1. The highest BCUT2D eigenvalue weighted by Crippen LogP contribution is 2.24. The Labute approximate surface area is 156 Å². The van der Waals surface area contributed by atoms with Crippen LogP contribution in [0.4, 0.5) is 4.79 Å². The first-order valence-electron chi connectivity index (χ1n) is 8.67. The molecule has 0 aliphatic carbocycles. The highest BCUT2D eigenvalue weighted by Gasteiger charge is 2.19. The minimum Gasteiger partial charge on any atom is -0.443 e. The van der Waals surface area contributed by atoms with Crippen LogP contribution in [0.5, 0.6) is 0 Å². The first-order chi connectivity index (χ1) is 12.9. The average molecular weight is 360 g/mol. The van der Waals surface area contributed by atoms with E-state index in [2.05, 4.69) is 16.5 Å². The summed E-state index contributed by atoms with van der Waals surface area (Å²) in [5.41, 5.74) is 3.38. The van der Waals surface area contributed by atoms with E-state index in [1.165, 1.54) is 4.57 Å². The molecule has 6 nitrogen and oxygen atoms in total. The fourth-order valence-corrected chi connectivity index (χ4v) is 2.95. The zero-order valence-corrected chi connectivity index (χ0v) is 15.5. The number of rotatable bonds is 2. The van der Waals surface area contributed by atoms with Crippen LogP contribution in [-0.2, 0) is 4.74 Å². The van der Waals surface area contributed by atoms with Gasteiger partial charge in [-0.1, -0.05) is 12.6 Å². The van der Waals surface area contributed by atoms with E-state index in [1.807, 2.05) is 61.7 Å². The molecule has 0 bridgehead atoms. The van der Waals surface area contributed by atoms with E-state index in [0.717, 1.165) is 33.4 Å². The SMILES string of the molecule is C=Cc1ccc2ncn(-c3ccc4ccn(C(=O)OC(C)(C)C)c4c3)c2n1. The third-order valence-corrected chi connectivity index (χ3v) is 4.17. The van der Waals surface area contributed by atoms with E-state index in [1.54, 1.807) is 18.6 Å². The van der Waals surface area contributed by atoms with Crippen molar-refractivity contribution in [1.29, 1.82) is 0 Å². The van der Waals surface area contributed by atoms with Gasteiger partial charge >= 0.3 is 6.09 Å². The van der Waals surface area contributed by atoms with Gasteiger partial charge in [0.25, 0.3) is 0 Å². The Kier molecular flexibility index (Phi) is 3.84. The van der Waals surface area contributed by atoms with E-state index >= 15 is 0 Å². The highest BCUT2D eigenvalue weighted by molar-refractivity contribution is 5.91. The van der Waals surface area contributed by atoms with Crippen LogP contribution in [0, 0.1) is 0 Å². The molecule has 136 valence electrons. The van der Waals surface area contributed by atoms with Crippen molar-refractivity contribution in [2.75, 3.05) is 0 Å². The van der Waals surface area contributed by atoms with Gasteiger partial charge in [-0.2, -0.15) is 0 Å². The second-order valence-corrected chi connectivity index (χ2v) is 7.31. The van der Waals surface area contributed by atoms with Crippen molar-refractivity contribution in [2.45, 2.75) is 26.4 Å². The Morgan fingerprint density at radius 2 is 2.00 bits per heavy atom. The van der Waals surface area contributed by atoms with Crippen LogP contribution in [0.15, 0.2) is 55.5 Å². The fraction of sp³-hybridized carbons (Fsp3) is 0.190. The first-order valence-corrected chi connectivity index (χ1v) is 8.67. The van der Waals surface area contributed by atoms with Gasteiger partial charge in [0.15, 0.2) is 5.65 Å². The number of nitrogens with zero attached hydrogens (tertiary/aromatic N) is 4. The van der Waals surface area contributed by atoms with E-state index < -0.39 is 11.7 Å². The van der Waals surface area contributed by atoms with Crippen molar-refractivity contribution in [3.05, 3.63) is 61.2 Å². The van der Waals surface area contributed by atoms with Gasteiger partial charge in [-0.3, -0.25) is 9.13 Å². The zero-order chi connectivity index (χ0) is 19.2. The summed E-state index contributed by atoms with van der Waals surface area (Å²) in [6.07, 6.45) is 4.75. The van der Waals surface area contributed by atoms with E-state index in [4.69, 9.17) is 4.74 Å². The Hall–Kier alpha value is -3.41. The quantitative estimate of drug-likeness (QED) is 0.515. The van der Waals surface area contributed by atoms with Gasteiger partial charge < -0.3 is 4.74 Å². The lowest BCUT2D eigenvalue weighted by Gasteiger charge is -2.19. The fourth-order valence-electron chi connectivity index (χ4n) is 2.95. The number of carbonyl (C=O) groups excluding carboxylic acids is 1. The second kappa shape index (κ2) is 6.09. The second-order valence-electron chi connectivity index (χ2n) is 7.31. The Bertz CT molecular complexity index is 1180. The Morgan fingerprint density at radius 3 is 2.74 bits per heavy atom. The monoisotopic (exact) mass is 360 g/mol. The molecule has 3 aromatic heterocycles. The smallest absolute Gasteiger partial charge is 0.418 e. The molecule has 3 heterocycles. The maximum Gasteiger partial charge on any atom is 0.418 e. The van der Waals surface area contributed by atoms with Crippen LogP contribution in [0.1, 0.15) is 26.5 Å². The van der Waals surface area contributed by atoms with Gasteiger partial charge in [0.05, 0.1) is 16.9 Å². The first kappa shape index (κ1) is 17.0. The molecular weight excluding hydrogens is 340 g/mol. The number of pyridine rings is 1. The maximum atomic E-state index is 12.5. The molecule has 0 fully saturated rings. The maximum absolute atomic E-state index is 12.5. The van der Waals surface area contributed by atoms with Gasteiger partial charge in [0, 0.05) is 11.6 Å². The predicted octanol–water partition coefficient (Wildman–Crippen LogP) is 4.80. The molecule has 0 spiro atoms. The molecule has 27 heavy (non-hydrogen) atoms. The van der Waals surface area contributed by atoms with Gasteiger partial charge in [0.1, 0.15) is 17.4 Å². The summed E-state index contributed by atoms with van der Waals surface area (Å²) in [4.78, 5) is 21.5.